The second-order valence-electron chi connectivity index (χ2n) is 7.98. The third kappa shape index (κ3) is 5.18. The molecule has 0 radical (unpaired) electrons. The molecule has 30 heavy (non-hydrogen) atoms. The second kappa shape index (κ2) is 10.0. The Kier molecular flexibility index (Phi) is 7.45. The molecular weight excluding hydrogens is 392 g/mol. The molecule has 158 valence electrons. The van der Waals surface area contributed by atoms with Gasteiger partial charge in [-0.1, -0.05) is 66.7 Å². The molecule has 0 saturated carbocycles. The number of aryl methyl sites for hydroxylation is 2. The Bertz CT molecular complexity index is 998. The normalized spacial score (nSPS) is 12.3. The number of hydrogen-bond acceptors (Lipinski definition) is 4. The number of aromatic nitrogens is 3. The molecule has 3 aromatic rings. The first-order valence-electron chi connectivity index (χ1n) is 10.4. The number of quaternary nitrogens is 1. The lowest BCUT2D eigenvalue weighted by atomic mass is 10.0. The van der Waals surface area contributed by atoms with E-state index in [1.54, 1.807) is 0 Å². The highest BCUT2D eigenvalue weighted by molar-refractivity contribution is 7.99. The lowest BCUT2D eigenvalue weighted by molar-refractivity contribution is -0.893. The van der Waals surface area contributed by atoms with Crippen molar-refractivity contribution in [3.63, 3.8) is 0 Å². The van der Waals surface area contributed by atoms with Crippen molar-refractivity contribution in [2.24, 2.45) is 0 Å². The van der Waals surface area contributed by atoms with Gasteiger partial charge in [0.2, 0.25) is 0 Å². The van der Waals surface area contributed by atoms with Crippen LogP contribution in [0.2, 0.25) is 0 Å². The summed E-state index contributed by atoms with van der Waals surface area (Å²) in [5.74, 6) is 1.45. The number of hydrogen-bond donors (Lipinski definition) is 1. The molecule has 5 nitrogen and oxygen atoms in total. The van der Waals surface area contributed by atoms with Crippen molar-refractivity contribution in [3.05, 3.63) is 76.6 Å². The highest BCUT2D eigenvalue weighted by Crippen LogP contribution is 2.24. The van der Waals surface area contributed by atoms with Crippen molar-refractivity contribution in [3.8, 4) is 0 Å². The maximum absolute atomic E-state index is 12.9. The first-order chi connectivity index (χ1) is 14.4. The van der Waals surface area contributed by atoms with E-state index < -0.39 is 0 Å². The molecule has 6 heteroatoms. The molecule has 0 unspecified atom stereocenters. The zero-order chi connectivity index (χ0) is 21.7. The molecule has 1 N–H and O–H groups in total. The van der Waals surface area contributed by atoms with Crippen LogP contribution >= 0.6 is 11.8 Å². The van der Waals surface area contributed by atoms with Crippen LogP contribution in [-0.4, -0.2) is 40.4 Å². The van der Waals surface area contributed by atoms with Crippen LogP contribution < -0.4 is 4.90 Å². The number of rotatable bonds is 9. The smallest absolute Gasteiger partial charge is 0.192 e. The number of ketones is 1. The van der Waals surface area contributed by atoms with E-state index in [0.717, 1.165) is 34.1 Å². The van der Waals surface area contributed by atoms with E-state index in [1.807, 2.05) is 50.2 Å². The van der Waals surface area contributed by atoms with Crippen LogP contribution in [0.25, 0.3) is 0 Å². The van der Waals surface area contributed by atoms with Crippen LogP contribution in [0.4, 0.5) is 0 Å². The number of nitrogens with one attached hydrogen (secondary N) is 1. The van der Waals surface area contributed by atoms with Gasteiger partial charge in [0.15, 0.2) is 16.8 Å². The SMILES string of the molecule is CC[C@@H](c1nnc(SCC(=O)c2cc(C)ccc2C)n1Cc1ccccc1)[NH+](C)C. The largest absolute Gasteiger partial charge is 0.331 e. The van der Waals surface area contributed by atoms with Crippen molar-refractivity contribution >= 4 is 17.5 Å². The number of nitrogens with zero attached hydrogens (tertiary/aromatic N) is 3. The summed E-state index contributed by atoms with van der Waals surface area (Å²) in [6.07, 6.45) is 0.974. The summed E-state index contributed by atoms with van der Waals surface area (Å²) < 4.78 is 2.18. The van der Waals surface area contributed by atoms with Gasteiger partial charge >= 0.3 is 0 Å². The molecule has 0 amide bonds. The predicted molar refractivity (Wildman–Crippen MR) is 122 cm³/mol. The van der Waals surface area contributed by atoms with Crippen LogP contribution in [0.15, 0.2) is 53.7 Å². The van der Waals surface area contributed by atoms with E-state index in [0.29, 0.717) is 12.3 Å². The van der Waals surface area contributed by atoms with Crippen molar-refractivity contribution in [1.82, 2.24) is 14.8 Å². The molecule has 1 heterocycles. The van der Waals surface area contributed by atoms with Gasteiger partial charge < -0.3 is 4.90 Å². The Morgan fingerprint density at radius 2 is 1.83 bits per heavy atom. The Balaban J connectivity index is 1.87. The van der Waals surface area contributed by atoms with Crippen molar-refractivity contribution < 1.29 is 9.69 Å². The van der Waals surface area contributed by atoms with E-state index >= 15 is 0 Å². The standard InChI is InChI=1S/C24H30N4OS/c1-6-21(27(4)5)23-25-26-24(28(23)15-19-10-8-7-9-11-19)30-16-22(29)20-14-17(2)12-13-18(20)3/h7-14,21H,6,15-16H2,1-5H3/p+1/t21-/m0/s1. The molecule has 0 aliphatic heterocycles. The van der Waals surface area contributed by atoms with Crippen LogP contribution in [0.3, 0.4) is 0 Å². The minimum absolute atomic E-state index is 0.127. The third-order valence-corrected chi connectivity index (χ3v) is 6.34. The second-order valence-corrected chi connectivity index (χ2v) is 8.92. The molecule has 0 aliphatic carbocycles. The Hall–Kier alpha value is -2.44. The van der Waals surface area contributed by atoms with E-state index in [1.165, 1.54) is 22.2 Å². The first kappa shape index (κ1) is 22.2. The number of benzene rings is 2. The molecular formula is C24H31N4OS+. The Labute approximate surface area is 183 Å². The zero-order valence-corrected chi connectivity index (χ0v) is 19.3. The highest BCUT2D eigenvalue weighted by Gasteiger charge is 2.25. The Morgan fingerprint density at radius 3 is 2.50 bits per heavy atom. The van der Waals surface area contributed by atoms with Crippen LogP contribution in [0.1, 0.15) is 52.3 Å². The topological polar surface area (TPSA) is 52.2 Å². The summed E-state index contributed by atoms with van der Waals surface area (Å²) in [6, 6.07) is 16.6. The zero-order valence-electron chi connectivity index (χ0n) is 18.5. The highest BCUT2D eigenvalue weighted by atomic mass is 32.2. The van der Waals surface area contributed by atoms with Gasteiger partial charge in [0, 0.05) is 12.0 Å². The van der Waals surface area contributed by atoms with Crippen molar-refractivity contribution in [1.29, 1.82) is 0 Å². The average molecular weight is 424 g/mol. The van der Waals surface area contributed by atoms with Crippen LogP contribution in [0, 0.1) is 13.8 Å². The number of thioether (sulfide) groups is 1. The average Bonchev–Trinajstić information content (AvgIpc) is 3.11. The Morgan fingerprint density at radius 1 is 1.10 bits per heavy atom. The van der Waals surface area contributed by atoms with E-state index in [-0.39, 0.29) is 11.8 Å². The molecule has 0 spiro atoms. The maximum Gasteiger partial charge on any atom is 0.192 e. The molecule has 3 rings (SSSR count). The van der Waals surface area contributed by atoms with Gasteiger partial charge in [0.25, 0.3) is 0 Å². The third-order valence-electron chi connectivity index (χ3n) is 5.37. The van der Waals surface area contributed by atoms with Gasteiger partial charge in [-0.2, -0.15) is 0 Å². The van der Waals surface area contributed by atoms with Crippen LogP contribution in [0.5, 0.6) is 0 Å². The monoisotopic (exact) mass is 423 g/mol. The summed E-state index contributed by atoms with van der Waals surface area (Å²) >= 11 is 1.47. The lowest BCUT2D eigenvalue weighted by Gasteiger charge is -2.20. The fourth-order valence-corrected chi connectivity index (χ4v) is 4.50. The maximum atomic E-state index is 12.9. The number of Topliss-reactive ketones (excluding diaryl/α,β-unsaturated/α-hetero) is 1. The van der Waals surface area contributed by atoms with Crippen molar-refractivity contribution in [2.45, 2.75) is 44.9 Å². The molecule has 0 fully saturated rings. The summed E-state index contributed by atoms with van der Waals surface area (Å²) in [5, 5.41) is 9.82. The fourth-order valence-electron chi connectivity index (χ4n) is 3.67. The van der Waals surface area contributed by atoms with E-state index in [4.69, 9.17) is 0 Å². The molecule has 0 aliphatic rings. The molecule has 0 bridgehead atoms. The molecule has 1 aromatic heterocycles. The van der Waals surface area contributed by atoms with Gasteiger partial charge in [-0.15, -0.1) is 10.2 Å². The summed E-state index contributed by atoms with van der Waals surface area (Å²) in [7, 11) is 4.29. The fraction of sp³-hybridized carbons (Fsp3) is 0.375. The first-order valence-corrected chi connectivity index (χ1v) is 11.4. The minimum atomic E-state index is 0.127. The van der Waals surface area contributed by atoms with Gasteiger partial charge in [0.05, 0.1) is 26.4 Å². The van der Waals surface area contributed by atoms with Crippen molar-refractivity contribution in [2.75, 3.05) is 19.8 Å². The van der Waals surface area contributed by atoms with Gasteiger partial charge in [-0.3, -0.25) is 9.36 Å². The van der Waals surface area contributed by atoms with Gasteiger partial charge in [-0.05, 0) is 31.0 Å². The molecule has 2 aromatic carbocycles. The molecule has 1 atom stereocenters. The van der Waals surface area contributed by atoms with E-state index in [2.05, 4.69) is 47.9 Å². The van der Waals surface area contributed by atoms with E-state index in [9.17, 15) is 4.79 Å². The summed E-state index contributed by atoms with van der Waals surface area (Å²) in [6.45, 7) is 6.88. The number of carbonyl (C=O) groups is 1. The lowest BCUT2D eigenvalue weighted by Crippen LogP contribution is -3.06. The minimum Gasteiger partial charge on any atom is -0.331 e. The number of carbonyl (C=O) groups excluding carboxylic acids is 1. The quantitative estimate of drug-likeness (QED) is 0.423. The molecule has 0 saturated heterocycles. The summed E-state index contributed by atoms with van der Waals surface area (Å²) in [4.78, 5) is 14.2. The van der Waals surface area contributed by atoms with Crippen LogP contribution in [-0.2, 0) is 6.54 Å². The summed E-state index contributed by atoms with van der Waals surface area (Å²) in [5.41, 5.74) is 4.11. The van der Waals surface area contributed by atoms with Gasteiger partial charge in [-0.25, -0.2) is 0 Å². The predicted octanol–water partition coefficient (Wildman–Crippen LogP) is 3.51. The van der Waals surface area contributed by atoms with Gasteiger partial charge in [0.1, 0.15) is 6.04 Å².